The van der Waals surface area contributed by atoms with Crippen LogP contribution < -0.4 is 0 Å². The van der Waals surface area contributed by atoms with E-state index in [4.69, 9.17) is 4.74 Å². The van der Waals surface area contributed by atoms with Gasteiger partial charge < -0.3 is 14.9 Å². The van der Waals surface area contributed by atoms with Gasteiger partial charge in [-0.15, -0.1) is 0 Å². The van der Waals surface area contributed by atoms with E-state index in [0.717, 1.165) is 16.7 Å². The van der Waals surface area contributed by atoms with Gasteiger partial charge in [0.2, 0.25) is 0 Å². The van der Waals surface area contributed by atoms with E-state index in [1.807, 2.05) is 58.1 Å². The lowest BCUT2D eigenvalue weighted by molar-refractivity contribution is -0.106. The standard InChI is InChI=1S/C22H28O3.2C2H6/c1-5-9-12-18(10-6-2)13-17(8-4)14-19(11-7-3)22-21(24)15-20(23)16-25-22;2*1-2/h5-12,14,20-24H,1-4,13,15-16H2;2*1-2H3/b12-9-,17-14+,18-10+,19-11+;;/t20?,21?,22-;;/m0../s1. The highest BCUT2D eigenvalue weighted by molar-refractivity contribution is 5.40. The van der Waals surface area contributed by atoms with Crippen LogP contribution in [0.1, 0.15) is 40.5 Å². The fourth-order valence-corrected chi connectivity index (χ4v) is 2.62. The van der Waals surface area contributed by atoms with E-state index in [2.05, 4.69) is 26.3 Å². The molecule has 1 fully saturated rings. The van der Waals surface area contributed by atoms with Crippen LogP contribution in [-0.4, -0.2) is 35.1 Å². The van der Waals surface area contributed by atoms with E-state index >= 15 is 0 Å². The van der Waals surface area contributed by atoms with Crippen LogP contribution in [0.15, 0.2) is 97.7 Å². The smallest absolute Gasteiger partial charge is 0.109 e. The first-order valence-corrected chi connectivity index (χ1v) is 10.3. The first-order chi connectivity index (χ1) is 14.0. The molecule has 0 bridgehead atoms. The number of hydrogen-bond donors (Lipinski definition) is 2. The number of allylic oxidation sites excluding steroid dienone is 10. The third kappa shape index (κ3) is 12.1. The van der Waals surface area contributed by atoms with Crippen molar-refractivity contribution >= 4 is 0 Å². The molecule has 2 N–H and O–H groups in total. The fraction of sp³-hybridized carbons (Fsp3) is 0.385. The zero-order chi connectivity index (χ0) is 22.7. The zero-order valence-electron chi connectivity index (χ0n) is 18.7. The van der Waals surface area contributed by atoms with Gasteiger partial charge in [0.1, 0.15) is 6.10 Å². The van der Waals surface area contributed by atoms with Crippen LogP contribution in [-0.2, 0) is 4.74 Å². The summed E-state index contributed by atoms with van der Waals surface area (Å²) in [4.78, 5) is 0. The van der Waals surface area contributed by atoms with Crippen molar-refractivity contribution in [2.75, 3.05) is 6.61 Å². The molecule has 0 radical (unpaired) electrons. The third-order valence-corrected chi connectivity index (χ3v) is 3.77. The quantitative estimate of drug-likeness (QED) is 0.465. The minimum atomic E-state index is -0.763. The topological polar surface area (TPSA) is 49.7 Å². The molecule has 29 heavy (non-hydrogen) atoms. The normalized spacial score (nSPS) is 22.6. The van der Waals surface area contributed by atoms with Gasteiger partial charge in [0.05, 0.1) is 18.8 Å². The van der Waals surface area contributed by atoms with Crippen molar-refractivity contribution in [1.29, 1.82) is 0 Å². The summed E-state index contributed by atoms with van der Waals surface area (Å²) in [5.41, 5.74) is 2.83. The molecular formula is C26H40O3. The molecule has 0 spiro atoms. The van der Waals surface area contributed by atoms with Crippen molar-refractivity contribution < 1.29 is 14.9 Å². The molecule has 1 heterocycles. The van der Waals surface area contributed by atoms with Crippen LogP contribution in [0.4, 0.5) is 0 Å². The Morgan fingerprint density at radius 1 is 0.931 bits per heavy atom. The average molecular weight is 401 g/mol. The number of aliphatic hydroxyl groups is 2. The molecule has 3 heteroatoms. The van der Waals surface area contributed by atoms with Crippen LogP contribution in [0.25, 0.3) is 0 Å². The van der Waals surface area contributed by atoms with E-state index in [1.165, 1.54) is 0 Å². The van der Waals surface area contributed by atoms with E-state index < -0.39 is 18.3 Å². The summed E-state index contributed by atoms with van der Waals surface area (Å²) in [6.45, 7) is 23.2. The number of ether oxygens (including phenoxy) is 1. The monoisotopic (exact) mass is 400 g/mol. The Balaban J connectivity index is 0. The second-order valence-corrected chi connectivity index (χ2v) is 5.79. The maximum atomic E-state index is 10.2. The Morgan fingerprint density at radius 2 is 1.55 bits per heavy atom. The third-order valence-electron chi connectivity index (χ3n) is 3.77. The van der Waals surface area contributed by atoms with Crippen LogP contribution >= 0.6 is 0 Å². The number of aliphatic hydroxyl groups excluding tert-OH is 2. The van der Waals surface area contributed by atoms with Gasteiger partial charge in [-0.3, -0.25) is 0 Å². The largest absolute Gasteiger partial charge is 0.391 e. The van der Waals surface area contributed by atoms with Crippen molar-refractivity contribution in [3.8, 4) is 0 Å². The molecule has 0 amide bonds. The summed E-state index contributed by atoms with van der Waals surface area (Å²) in [7, 11) is 0. The lowest BCUT2D eigenvalue weighted by atomic mass is 9.93. The molecule has 3 atom stereocenters. The van der Waals surface area contributed by atoms with Gasteiger partial charge in [0.25, 0.3) is 0 Å². The maximum absolute atomic E-state index is 10.2. The minimum absolute atomic E-state index is 0.206. The minimum Gasteiger partial charge on any atom is -0.391 e. The predicted molar refractivity (Wildman–Crippen MR) is 128 cm³/mol. The lowest BCUT2D eigenvalue weighted by Crippen LogP contribution is -2.41. The first kappa shape index (κ1) is 29.0. The molecule has 0 aliphatic carbocycles. The van der Waals surface area contributed by atoms with Gasteiger partial charge in [-0.25, -0.2) is 0 Å². The molecular weight excluding hydrogens is 360 g/mol. The van der Waals surface area contributed by atoms with Crippen molar-refractivity contribution in [2.45, 2.75) is 58.8 Å². The van der Waals surface area contributed by atoms with E-state index in [0.29, 0.717) is 12.8 Å². The Morgan fingerprint density at radius 3 is 2.03 bits per heavy atom. The van der Waals surface area contributed by atoms with Gasteiger partial charge >= 0.3 is 0 Å². The molecule has 1 saturated heterocycles. The summed E-state index contributed by atoms with van der Waals surface area (Å²) in [5.74, 6) is 0. The van der Waals surface area contributed by atoms with Crippen LogP contribution in [0.2, 0.25) is 0 Å². The van der Waals surface area contributed by atoms with Crippen LogP contribution in [0, 0.1) is 0 Å². The number of rotatable bonds is 9. The zero-order valence-corrected chi connectivity index (χ0v) is 18.7. The second-order valence-electron chi connectivity index (χ2n) is 5.79. The van der Waals surface area contributed by atoms with Crippen molar-refractivity contribution in [2.24, 2.45) is 0 Å². The Hall–Kier alpha value is -2.20. The summed E-state index contributed by atoms with van der Waals surface area (Å²) in [5, 5.41) is 19.9. The maximum Gasteiger partial charge on any atom is 0.109 e. The first-order valence-electron chi connectivity index (χ1n) is 10.3. The van der Waals surface area contributed by atoms with E-state index in [1.54, 1.807) is 24.3 Å². The molecule has 1 rings (SSSR count). The second kappa shape index (κ2) is 19.1. The van der Waals surface area contributed by atoms with Crippen molar-refractivity contribution in [3.63, 3.8) is 0 Å². The highest BCUT2D eigenvalue weighted by atomic mass is 16.5. The van der Waals surface area contributed by atoms with Gasteiger partial charge in [-0.05, 0) is 23.1 Å². The highest BCUT2D eigenvalue weighted by Crippen LogP contribution is 2.25. The molecule has 1 aliphatic heterocycles. The van der Waals surface area contributed by atoms with Gasteiger partial charge in [-0.1, -0.05) is 109 Å². The molecule has 0 aromatic carbocycles. The van der Waals surface area contributed by atoms with Crippen molar-refractivity contribution in [1.82, 2.24) is 0 Å². The predicted octanol–water partition coefficient (Wildman–Crippen LogP) is 6.02. The van der Waals surface area contributed by atoms with Gasteiger partial charge in [0, 0.05) is 6.42 Å². The molecule has 0 aromatic rings. The lowest BCUT2D eigenvalue weighted by Gasteiger charge is -2.32. The Kier molecular flexibility index (Phi) is 19.1. The van der Waals surface area contributed by atoms with E-state index in [9.17, 15) is 10.2 Å². The fourth-order valence-electron chi connectivity index (χ4n) is 2.62. The van der Waals surface area contributed by atoms with Crippen LogP contribution in [0.3, 0.4) is 0 Å². The van der Waals surface area contributed by atoms with Gasteiger partial charge in [0.15, 0.2) is 0 Å². The summed E-state index contributed by atoms with van der Waals surface area (Å²) in [6.07, 6.45) is 15.5. The van der Waals surface area contributed by atoms with Crippen molar-refractivity contribution in [3.05, 3.63) is 97.7 Å². The summed E-state index contributed by atoms with van der Waals surface area (Å²) >= 11 is 0. The Labute approximate surface area is 178 Å². The highest BCUT2D eigenvalue weighted by Gasteiger charge is 2.30. The molecule has 0 saturated carbocycles. The van der Waals surface area contributed by atoms with E-state index in [-0.39, 0.29) is 6.61 Å². The molecule has 3 nitrogen and oxygen atoms in total. The van der Waals surface area contributed by atoms with Gasteiger partial charge in [-0.2, -0.15) is 0 Å². The summed E-state index contributed by atoms with van der Waals surface area (Å²) < 4.78 is 5.63. The van der Waals surface area contributed by atoms with Crippen LogP contribution in [0.5, 0.6) is 0 Å². The summed E-state index contributed by atoms with van der Waals surface area (Å²) in [6, 6.07) is 0. The molecule has 0 aromatic heterocycles. The number of hydrogen-bond acceptors (Lipinski definition) is 3. The molecule has 1 aliphatic rings. The molecule has 2 unspecified atom stereocenters. The Bertz CT molecular complexity index is 605. The molecule has 162 valence electrons. The average Bonchev–Trinajstić information content (AvgIpc) is 2.74. The SMILES string of the molecule is C=C/C=C\C(=C/C=C)C/C(C=C)=C/C(=C\C=C)[C@@H]1OCC(O)CC1O.CC.CC.